The molecule has 1 aliphatic heterocycles. The normalized spacial score (nSPS) is 25.7. The Labute approximate surface area is 477 Å². The highest BCUT2D eigenvalue weighted by Gasteiger charge is 2.39. The molecule has 458 valence electrons. The summed E-state index contributed by atoms with van der Waals surface area (Å²) in [5.41, 5.74) is 1.30. The largest absolute Gasteiger partial charge is 0.481 e. The first-order valence-corrected chi connectivity index (χ1v) is 30.7. The molecule has 0 saturated heterocycles. The zero-order valence-corrected chi connectivity index (χ0v) is 51.2. The summed E-state index contributed by atoms with van der Waals surface area (Å²) in [5.74, 6) is -6.56. The summed E-state index contributed by atoms with van der Waals surface area (Å²) in [6.07, 6.45) is 2.25. The number of allylic oxidation sites excluding steroid dienone is 1. The third-order valence-corrected chi connectivity index (χ3v) is 16.2. The number of nitrogens with one attached hydrogen (secondary N) is 4. The maximum absolute atomic E-state index is 14.3. The van der Waals surface area contributed by atoms with Gasteiger partial charge in [0.2, 0.25) is 23.6 Å². The fourth-order valence-electron chi connectivity index (χ4n) is 8.38. The number of carbonyl (C=O) groups is 8. The summed E-state index contributed by atoms with van der Waals surface area (Å²) >= 11 is 0. The van der Waals surface area contributed by atoms with E-state index >= 15 is 0 Å². The van der Waals surface area contributed by atoms with Gasteiger partial charge in [0.15, 0.2) is 6.10 Å². The number of hydrogen-bond acceptors (Lipinski definition) is 16. The molecule has 3 unspecified atom stereocenters. The van der Waals surface area contributed by atoms with Gasteiger partial charge in [-0.2, -0.15) is 4.31 Å². The molecule has 0 aromatic heterocycles. The number of hydrogen-bond donors (Lipinski definition) is 6. The first kappa shape index (κ1) is 71.6. The molecule has 0 bridgehead atoms. The molecule has 1 aromatic carbocycles. The van der Waals surface area contributed by atoms with Gasteiger partial charge >= 0.3 is 33.7 Å². The van der Waals surface area contributed by atoms with Crippen LogP contribution in [0.5, 0.6) is 0 Å². The van der Waals surface area contributed by atoms with Gasteiger partial charge in [-0.1, -0.05) is 110 Å². The second-order valence-electron chi connectivity index (χ2n) is 21.0. The number of cyclic esters (lactones) is 2. The minimum Gasteiger partial charge on any atom is -0.456 e. The summed E-state index contributed by atoms with van der Waals surface area (Å²) in [4.78, 5) is 133. The molecule has 24 nitrogen and oxygen atoms in total. The number of phosphoric acid groups is 2. The van der Waals surface area contributed by atoms with Crippen molar-refractivity contribution in [1.82, 2.24) is 31.1 Å². The smallest absolute Gasteiger partial charge is 0.456 e. The Bertz CT molecular complexity index is 2410. The van der Waals surface area contributed by atoms with E-state index in [0.29, 0.717) is 56.1 Å². The van der Waals surface area contributed by atoms with Gasteiger partial charge in [0, 0.05) is 45.0 Å². The van der Waals surface area contributed by atoms with Crippen LogP contribution in [-0.2, 0) is 76.7 Å². The Kier molecular flexibility index (Phi) is 31.4. The Morgan fingerprint density at radius 1 is 0.840 bits per heavy atom. The van der Waals surface area contributed by atoms with E-state index in [1.807, 2.05) is 20.8 Å². The predicted molar refractivity (Wildman–Crippen MR) is 301 cm³/mol. The van der Waals surface area contributed by atoms with Crippen LogP contribution in [0.4, 0.5) is 4.79 Å². The molecule has 11 atom stereocenters. The number of esters is 2. The lowest BCUT2D eigenvalue weighted by Gasteiger charge is -2.33. The van der Waals surface area contributed by atoms with Crippen LogP contribution in [0.2, 0.25) is 0 Å². The van der Waals surface area contributed by atoms with Crippen molar-refractivity contribution in [1.29, 1.82) is 0 Å². The van der Waals surface area contributed by atoms with E-state index in [1.54, 1.807) is 71.0 Å². The minimum atomic E-state index is -4.86. The van der Waals surface area contributed by atoms with Gasteiger partial charge in [-0.05, 0) is 83.3 Å². The van der Waals surface area contributed by atoms with Gasteiger partial charge in [-0.3, -0.25) is 33.0 Å². The summed E-state index contributed by atoms with van der Waals surface area (Å²) in [7, 11) is -6.84. The molecule has 2 rings (SSSR count). The van der Waals surface area contributed by atoms with Crippen molar-refractivity contribution in [3.05, 3.63) is 59.2 Å². The number of benzene rings is 1. The zero-order valence-electron chi connectivity index (χ0n) is 49.4. The van der Waals surface area contributed by atoms with Gasteiger partial charge in [-0.25, -0.2) is 23.5 Å². The average Bonchev–Trinajstić information content (AvgIpc) is 3.44. The highest BCUT2D eigenvalue weighted by Crippen LogP contribution is 2.60. The Morgan fingerprint density at radius 3 is 2.05 bits per heavy atom. The van der Waals surface area contributed by atoms with Crippen LogP contribution in [0.25, 0.3) is 0 Å². The molecule has 6 N–H and O–H groups in total. The van der Waals surface area contributed by atoms with Gasteiger partial charge in [-0.15, -0.1) is 0 Å². The number of nitrogens with zero attached hydrogens (tertiary/aromatic N) is 2. The number of ether oxygens (including phenoxy) is 3. The lowest BCUT2D eigenvalue weighted by Crippen LogP contribution is -2.57. The fraction of sp³-hybridized carbons (Fsp3) is 0.673. The highest BCUT2D eigenvalue weighted by atomic mass is 31.3. The summed E-state index contributed by atoms with van der Waals surface area (Å²) < 4.78 is 55.5. The van der Waals surface area contributed by atoms with Crippen LogP contribution in [0.15, 0.2) is 53.6 Å². The Morgan fingerprint density at radius 2 is 1.44 bits per heavy atom. The number of likely N-dealkylation sites (N-methyl/N-ethyl adjacent to an activating group) is 2. The lowest BCUT2D eigenvalue weighted by atomic mass is 9.90. The maximum Gasteiger partial charge on any atom is 0.481 e. The lowest BCUT2D eigenvalue weighted by molar-refractivity contribution is -0.155. The molecule has 26 heteroatoms. The van der Waals surface area contributed by atoms with Gasteiger partial charge < -0.3 is 55.1 Å². The van der Waals surface area contributed by atoms with E-state index in [9.17, 15) is 57.3 Å². The summed E-state index contributed by atoms with van der Waals surface area (Å²) in [6, 6.07) is 4.11. The van der Waals surface area contributed by atoms with E-state index in [0.717, 1.165) is 4.90 Å². The van der Waals surface area contributed by atoms with Gasteiger partial charge in [0.05, 0.1) is 19.8 Å². The Hall–Kier alpha value is -5.48. The van der Waals surface area contributed by atoms with Crippen molar-refractivity contribution >= 4 is 63.2 Å². The van der Waals surface area contributed by atoms with Crippen LogP contribution in [0.1, 0.15) is 140 Å². The van der Waals surface area contributed by atoms with Crippen molar-refractivity contribution in [3.63, 3.8) is 0 Å². The molecule has 0 saturated carbocycles. The van der Waals surface area contributed by atoms with Crippen LogP contribution in [0.3, 0.4) is 0 Å². The molecule has 0 spiro atoms. The number of unbranched alkanes of at least 4 members (excludes halogenated alkanes) is 4. The van der Waals surface area contributed by atoms with Crippen molar-refractivity contribution in [3.8, 4) is 0 Å². The van der Waals surface area contributed by atoms with E-state index in [1.165, 1.54) is 45.8 Å². The van der Waals surface area contributed by atoms with Crippen LogP contribution < -0.4 is 21.3 Å². The van der Waals surface area contributed by atoms with Crippen molar-refractivity contribution in [2.24, 2.45) is 17.8 Å². The van der Waals surface area contributed by atoms with Crippen LogP contribution in [-0.4, -0.2) is 150 Å². The molecular weight excluding hydrogens is 1090 g/mol. The average molecular weight is 1190 g/mol. The summed E-state index contributed by atoms with van der Waals surface area (Å²) in [6.45, 7) is 17.6. The first-order valence-electron chi connectivity index (χ1n) is 27.7. The van der Waals surface area contributed by atoms with E-state index in [-0.39, 0.29) is 50.5 Å². The second kappa shape index (κ2) is 35.5. The molecule has 0 fully saturated rings. The molecule has 0 radical (unpaired) electrons. The predicted octanol–water partition coefficient (Wildman–Crippen LogP) is 6.58. The highest BCUT2D eigenvalue weighted by molar-refractivity contribution is 7.61. The van der Waals surface area contributed by atoms with E-state index in [4.69, 9.17) is 18.7 Å². The monoisotopic (exact) mass is 1180 g/mol. The van der Waals surface area contributed by atoms with Gasteiger partial charge in [0.25, 0.3) is 5.91 Å². The third kappa shape index (κ3) is 25.7. The van der Waals surface area contributed by atoms with Crippen LogP contribution in [0, 0.1) is 17.8 Å². The Balaban J connectivity index is 2.50. The number of phosphoric ester groups is 2. The summed E-state index contributed by atoms with van der Waals surface area (Å²) in [5, 5.41) is 10.8. The molecule has 81 heavy (non-hydrogen) atoms. The standard InChI is InChI=1S/C55H90N6O18P2/c1-14-30-74-80(70,71)79-81(72,73)75-31-24-19-17-18-23-29-56-55(69)77-44-28-27-38(8)53(67)76-45(32-35(4)5)49(63)57-40(10)51(65)61(13)43(33-42-25-21-20-22-26-42)52(66)60(12)34-46(62)59-47(36(6)15-2)50(64)58-41(11)54(68)78-48(39(44)9)37(7)16-3/h16,20-22,25-27,35-36,39-41,43-45,47-48H,14-15,17-19,23-24,28-34H2,1-13H3,(H,56,69)(H,57,63)(H,58,64)(H,59,62)(H,70,71)(H,72,73)/b37-16+,38-27+/t36?,39-,40-,41+,43+,44-,45+,47-,48+/m0/s1. The topological polar surface area (TPSA) is 321 Å². The molecule has 0 aliphatic carbocycles. The number of carbonyl (C=O) groups excluding carboxylic acids is 8. The molecule has 6 amide bonds. The molecule has 1 aromatic rings. The van der Waals surface area contributed by atoms with Crippen LogP contribution >= 0.6 is 15.6 Å². The zero-order chi connectivity index (χ0) is 61.2. The number of alkyl carbamates (subject to hydrolysis) is 1. The number of rotatable bonds is 22. The SMILES string of the molecule is C/C=C(\C)[C@H]1OC(=O)[C@@H](C)NC(=O)[C@H](C(C)CC)NC(=O)CN(C)C(=O)[C@@H](Cc2ccccc2)N(C)C(=O)[C@H](C)NC(=O)[C@@H](CC(C)C)OC(=O)/C(C)=C/C[C@H](OC(=O)NCCCCCCCOP(=O)(O)OP(=O)(O)OCCC)[C@@H]1C. The molecule has 1 heterocycles. The van der Waals surface area contributed by atoms with Crippen molar-refractivity contribution in [2.45, 2.75) is 183 Å². The van der Waals surface area contributed by atoms with E-state index in [2.05, 4.69) is 30.1 Å². The first-order chi connectivity index (χ1) is 38.0. The van der Waals surface area contributed by atoms with Gasteiger partial charge in [0.1, 0.15) is 36.4 Å². The minimum absolute atomic E-state index is 0.0403. The quantitative estimate of drug-likeness (QED) is 0.0235. The fourth-order valence-corrected chi connectivity index (χ4v) is 10.6. The molecular formula is C55H90N6O18P2. The number of amides is 6. The second-order valence-corrected chi connectivity index (χ2v) is 24.0. The maximum atomic E-state index is 14.3. The molecule has 1 aliphatic rings. The van der Waals surface area contributed by atoms with Crippen molar-refractivity contribution in [2.75, 3.05) is 40.4 Å². The van der Waals surface area contributed by atoms with E-state index < -0.39 is 124 Å². The third-order valence-electron chi connectivity index (χ3n) is 13.6. The van der Waals surface area contributed by atoms with Crippen molar-refractivity contribution < 1.29 is 84.8 Å².